The van der Waals surface area contributed by atoms with Crippen LogP contribution in [0, 0.1) is 20.8 Å². The van der Waals surface area contributed by atoms with Gasteiger partial charge in [0.2, 0.25) is 0 Å². The lowest BCUT2D eigenvalue weighted by molar-refractivity contribution is -0.137. The monoisotopic (exact) mass is 501 g/mol. The Bertz CT molecular complexity index is 1370. The molecule has 0 aliphatic carbocycles. The molecular formula is C26H22F3NO4S. The largest absolute Gasteiger partial charge is 0.507 e. The molecule has 2 heterocycles. The summed E-state index contributed by atoms with van der Waals surface area (Å²) in [4.78, 5) is 28.1. The maximum absolute atomic E-state index is 13.4. The molecule has 2 aromatic carbocycles. The molecule has 0 saturated carbocycles. The number of nitrogens with zero attached hydrogens (tertiary/aromatic N) is 1. The third-order valence-electron chi connectivity index (χ3n) is 6.04. The van der Waals surface area contributed by atoms with Crippen LogP contribution >= 0.6 is 11.3 Å². The van der Waals surface area contributed by atoms with Gasteiger partial charge in [-0.2, -0.15) is 13.2 Å². The quantitative estimate of drug-likeness (QED) is 0.258. The number of ether oxygens (including phenoxy) is 1. The first-order chi connectivity index (χ1) is 16.5. The number of halogens is 3. The second-order valence-corrected chi connectivity index (χ2v) is 9.27. The van der Waals surface area contributed by atoms with Crippen molar-refractivity contribution in [3.05, 3.63) is 86.1 Å². The number of carbonyl (C=O) groups is 2. The van der Waals surface area contributed by atoms with Crippen molar-refractivity contribution in [3.63, 3.8) is 0 Å². The van der Waals surface area contributed by atoms with E-state index in [0.717, 1.165) is 22.6 Å². The molecule has 4 rings (SSSR count). The SMILES string of the molecule is COc1cc(C)c(/C(O)=C2\C(=O)C(=O)N(c3cccc(C(F)(F)F)c3)C2c2sccc2C)cc1C. The molecule has 1 aliphatic heterocycles. The Morgan fingerprint density at radius 2 is 1.74 bits per heavy atom. The second kappa shape index (κ2) is 8.88. The second-order valence-electron chi connectivity index (χ2n) is 8.32. The molecule has 1 fully saturated rings. The molecule has 3 aromatic rings. The van der Waals surface area contributed by atoms with Gasteiger partial charge in [0.1, 0.15) is 17.6 Å². The van der Waals surface area contributed by atoms with Gasteiger partial charge in [-0.25, -0.2) is 0 Å². The molecule has 182 valence electrons. The maximum Gasteiger partial charge on any atom is 0.416 e. The Kier molecular flexibility index (Phi) is 6.23. The highest BCUT2D eigenvalue weighted by Gasteiger charge is 2.48. The highest BCUT2D eigenvalue weighted by molar-refractivity contribution is 7.10. The first kappa shape index (κ1) is 24.5. The highest BCUT2D eigenvalue weighted by atomic mass is 32.1. The smallest absolute Gasteiger partial charge is 0.416 e. The number of rotatable bonds is 4. The molecule has 0 radical (unpaired) electrons. The molecule has 0 spiro atoms. The van der Waals surface area contributed by atoms with Crippen LogP contribution in [0.5, 0.6) is 5.75 Å². The number of methoxy groups -OCH3 is 1. The minimum Gasteiger partial charge on any atom is -0.507 e. The minimum atomic E-state index is -4.63. The zero-order valence-electron chi connectivity index (χ0n) is 19.4. The number of aliphatic hydroxyl groups is 1. The summed E-state index contributed by atoms with van der Waals surface area (Å²) in [5, 5.41) is 13.1. The summed E-state index contributed by atoms with van der Waals surface area (Å²) in [7, 11) is 1.52. The summed E-state index contributed by atoms with van der Waals surface area (Å²) in [5.41, 5.74) is 1.19. The van der Waals surface area contributed by atoms with Crippen molar-refractivity contribution < 1.29 is 32.6 Å². The number of aryl methyl sites for hydroxylation is 3. The first-order valence-corrected chi connectivity index (χ1v) is 11.5. The number of hydrogen-bond acceptors (Lipinski definition) is 5. The molecule has 5 nitrogen and oxygen atoms in total. The Labute approximate surface area is 204 Å². The number of amides is 1. The van der Waals surface area contributed by atoms with Gasteiger partial charge in [0, 0.05) is 16.1 Å². The number of carbonyl (C=O) groups excluding carboxylic acids is 2. The van der Waals surface area contributed by atoms with Crippen molar-refractivity contribution in [2.24, 2.45) is 0 Å². The Hall–Kier alpha value is -3.59. The van der Waals surface area contributed by atoms with E-state index in [2.05, 4.69) is 0 Å². The minimum absolute atomic E-state index is 0.0820. The van der Waals surface area contributed by atoms with Crippen LogP contribution in [0.15, 0.2) is 53.4 Å². The fraction of sp³-hybridized carbons (Fsp3) is 0.231. The van der Waals surface area contributed by atoms with Crippen molar-refractivity contribution >= 4 is 34.5 Å². The van der Waals surface area contributed by atoms with Crippen LogP contribution in [0.3, 0.4) is 0 Å². The number of alkyl halides is 3. The van der Waals surface area contributed by atoms with Crippen molar-refractivity contribution in [2.45, 2.75) is 33.0 Å². The molecule has 1 atom stereocenters. The topological polar surface area (TPSA) is 66.8 Å². The van der Waals surface area contributed by atoms with Crippen LogP contribution in [0.2, 0.25) is 0 Å². The van der Waals surface area contributed by atoms with E-state index >= 15 is 0 Å². The Balaban J connectivity index is 1.97. The number of benzene rings is 2. The molecule has 1 aromatic heterocycles. The number of anilines is 1. The van der Waals surface area contributed by atoms with Crippen molar-refractivity contribution in [3.8, 4) is 5.75 Å². The van der Waals surface area contributed by atoms with Crippen molar-refractivity contribution in [1.29, 1.82) is 0 Å². The van der Waals surface area contributed by atoms with E-state index in [-0.39, 0.29) is 17.0 Å². The van der Waals surface area contributed by atoms with Crippen LogP contribution in [-0.4, -0.2) is 23.9 Å². The van der Waals surface area contributed by atoms with E-state index in [1.165, 1.54) is 30.6 Å². The first-order valence-electron chi connectivity index (χ1n) is 10.6. The van der Waals surface area contributed by atoms with E-state index in [4.69, 9.17) is 4.74 Å². The van der Waals surface area contributed by atoms with Gasteiger partial charge >= 0.3 is 6.18 Å². The standard InChI is InChI=1S/C26H22F3NO4S/c1-13-8-9-35-24(13)21-20(22(31)18-10-15(3)19(34-4)11-14(18)2)23(32)25(33)30(21)17-7-5-6-16(12-17)26(27,28)29/h5-12,21,31H,1-4H3/b22-20+. The van der Waals surface area contributed by atoms with Gasteiger partial charge in [-0.15, -0.1) is 11.3 Å². The molecule has 1 N–H and O–H groups in total. The Morgan fingerprint density at radius 1 is 1.03 bits per heavy atom. The zero-order valence-corrected chi connectivity index (χ0v) is 20.2. The summed E-state index contributed by atoms with van der Waals surface area (Å²) >= 11 is 1.26. The lowest BCUT2D eigenvalue weighted by atomic mass is 9.95. The van der Waals surface area contributed by atoms with Crippen LogP contribution in [0.1, 0.15) is 38.7 Å². The summed E-state index contributed by atoms with van der Waals surface area (Å²) in [5.74, 6) is -1.77. The molecule has 1 amide bonds. The maximum atomic E-state index is 13.4. The number of aliphatic hydroxyl groups excluding tert-OH is 1. The lowest BCUT2D eigenvalue weighted by Gasteiger charge is -2.26. The van der Waals surface area contributed by atoms with Crippen LogP contribution < -0.4 is 9.64 Å². The van der Waals surface area contributed by atoms with Gasteiger partial charge < -0.3 is 9.84 Å². The van der Waals surface area contributed by atoms with Gasteiger partial charge in [0.05, 0.1) is 18.2 Å². The average Bonchev–Trinajstić information content (AvgIpc) is 3.34. The fourth-order valence-electron chi connectivity index (χ4n) is 4.25. The summed E-state index contributed by atoms with van der Waals surface area (Å²) < 4.78 is 45.5. The molecule has 1 unspecified atom stereocenters. The van der Waals surface area contributed by atoms with Crippen LogP contribution in [0.25, 0.3) is 5.76 Å². The lowest BCUT2D eigenvalue weighted by Crippen LogP contribution is -2.29. The normalized spacial score (nSPS) is 17.8. The van der Waals surface area contributed by atoms with Gasteiger partial charge in [0.15, 0.2) is 0 Å². The van der Waals surface area contributed by atoms with E-state index in [9.17, 15) is 27.9 Å². The highest BCUT2D eigenvalue weighted by Crippen LogP contribution is 2.46. The summed E-state index contributed by atoms with van der Waals surface area (Å²) in [6.07, 6.45) is -4.63. The molecule has 35 heavy (non-hydrogen) atoms. The average molecular weight is 502 g/mol. The van der Waals surface area contributed by atoms with Crippen molar-refractivity contribution in [1.82, 2.24) is 0 Å². The predicted octanol–water partition coefficient (Wildman–Crippen LogP) is 6.33. The molecular weight excluding hydrogens is 479 g/mol. The summed E-state index contributed by atoms with van der Waals surface area (Å²) in [6.45, 7) is 5.28. The predicted molar refractivity (Wildman–Crippen MR) is 128 cm³/mol. The molecule has 1 aliphatic rings. The van der Waals surface area contributed by atoms with E-state index in [1.54, 1.807) is 44.4 Å². The third-order valence-corrected chi connectivity index (χ3v) is 7.11. The van der Waals surface area contributed by atoms with Gasteiger partial charge in [-0.3, -0.25) is 14.5 Å². The van der Waals surface area contributed by atoms with Gasteiger partial charge in [-0.05, 0) is 79.2 Å². The fourth-order valence-corrected chi connectivity index (χ4v) is 5.28. The van der Waals surface area contributed by atoms with E-state index < -0.39 is 29.5 Å². The van der Waals surface area contributed by atoms with E-state index in [0.29, 0.717) is 27.3 Å². The van der Waals surface area contributed by atoms with Crippen molar-refractivity contribution in [2.75, 3.05) is 12.0 Å². The molecule has 9 heteroatoms. The molecule has 0 bridgehead atoms. The number of thiophene rings is 1. The number of hydrogen-bond donors (Lipinski definition) is 1. The number of Topliss-reactive ketones (excluding diaryl/α,β-unsaturated/α-hetero) is 1. The van der Waals surface area contributed by atoms with E-state index in [1.807, 2.05) is 0 Å². The number of ketones is 1. The van der Waals surface area contributed by atoms with Gasteiger partial charge in [-0.1, -0.05) is 6.07 Å². The third kappa shape index (κ3) is 4.20. The van der Waals surface area contributed by atoms with Crippen LogP contribution in [-0.2, 0) is 15.8 Å². The van der Waals surface area contributed by atoms with Crippen LogP contribution in [0.4, 0.5) is 18.9 Å². The summed E-state index contributed by atoms with van der Waals surface area (Å²) in [6, 6.07) is 8.33. The Morgan fingerprint density at radius 3 is 2.34 bits per heavy atom. The zero-order chi connectivity index (χ0) is 25.7. The van der Waals surface area contributed by atoms with Gasteiger partial charge in [0.25, 0.3) is 11.7 Å². The molecule has 1 saturated heterocycles.